The summed E-state index contributed by atoms with van der Waals surface area (Å²) in [5.74, 6) is 1.27. The number of nitrogens with two attached hydrogens (primary N) is 2. The van der Waals surface area contributed by atoms with Gasteiger partial charge in [-0.3, -0.25) is 0 Å². The van der Waals surface area contributed by atoms with Gasteiger partial charge in [0.05, 0.1) is 11.9 Å². The molecule has 0 amide bonds. The summed E-state index contributed by atoms with van der Waals surface area (Å²) in [6.45, 7) is 0. The van der Waals surface area contributed by atoms with Crippen LogP contribution >= 0.6 is 0 Å². The molecule has 5 N–H and O–H groups in total. The molecule has 0 bridgehead atoms. The summed E-state index contributed by atoms with van der Waals surface area (Å²) < 4.78 is 1.55. The molecular formula is C7H9N5. The van der Waals surface area contributed by atoms with Gasteiger partial charge >= 0.3 is 0 Å². The molecule has 0 atom stereocenters. The van der Waals surface area contributed by atoms with Gasteiger partial charge in [-0.1, -0.05) is 0 Å². The maximum Gasteiger partial charge on any atom is 0.152 e. The van der Waals surface area contributed by atoms with Gasteiger partial charge in [-0.15, -0.1) is 0 Å². The van der Waals surface area contributed by atoms with Crippen molar-refractivity contribution in [2.75, 3.05) is 11.5 Å². The Bertz CT molecular complexity index is 372. The van der Waals surface area contributed by atoms with Gasteiger partial charge in [0.25, 0.3) is 0 Å². The van der Waals surface area contributed by atoms with Crippen molar-refractivity contribution < 1.29 is 0 Å². The smallest absolute Gasteiger partial charge is 0.152 e. The number of aromatic nitrogens is 3. The predicted molar refractivity (Wildman–Crippen MR) is 46.7 cm³/mol. The molecule has 0 aromatic carbocycles. The zero-order chi connectivity index (χ0) is 8.55. The fourth-order valence-electron chi connectivity index (χ4n) is 1.02. The number of hydrogen-bond donors (Lipinski definition) is 3. The van der Waals surface area contributed by atoms with E-state index in [2.05, 4.69) is 10.1 Å². The number of H-pyrrole nitrogens is 1. The van der Waals surface area contributed by atoms with E-state index in [9.17, 15) is 0 Å². The third-order valence-electron chi connectivity index (χ3n) is 1.65. The van der Waals surface area contributed by atoms with E-state index in [-0.39, 0.29) is 0 Å². The first-order valence-electron chi connectivity index (χ1n) is 3.52. The van der Waals surface area contributed by atoms with Gasteiger partial charge in [0.15, 0.2) is 5.82 Å². The minimum Gasteiger partial charge on any atom is -0.394 e. The second-order valence-corrected chi connectivity index (χ2v) is 2.45. The topological polar surface area (TPSA) is 85.6 Å². The molecule has 0 radical (unpaired) electrons. The highest BCUT2D eigenvalue weighted by atomic mass is 15.3. The molecule has 2 rings (SSSR count). The van der Waals surface area contributed by atoms with Crippen LogP contribution in [0.5, 0.6) is 0 Å². The van der Waals surface area contributed by atoms with Crippen molar-refractivity contribution >= 4 is 11.5 Å². The van der Waals surface area contributed by atoms with Crippen LogP contribution in [0.25, 0.3) is 5.82 Å². The van der Waals surface area contributed by atoms with Crippen LogP contribution in [0.2, 0.25) is 0 Å². The molecule has 2 aromatic heterocycles. The monoisotopic (exact) mass is 163 g/mol. The molecule has 12 heavy (non-hydrogen) atoms. The first-order valence-corrected chi connectivity index (χ1v) is 3.52. The Morgan fingerprint density at radius 3 is 2.75 bits per heavy atom. The van der Waals surface area contributed by atoms with E-state index in [4.69, 9.17) is 11.5 Å². The summed E-state index contributed by atoms with van der Waals surface area (Å²) in [5, 5.41) is 3.99. The molecular weight excluding hydrogens is 154 g/mol. The molecule has 0 saturated heterocycles. The molecule has 5 heteroatoms. The minimum atomic E-state index is 0.456. The highest BCUT2D eigenvalue weighted by Crippen LogP contribution is 2.16. The third kappa shape index (κ3) is 0.833. The Morgan fingerprint density at radius 1 is 1.42 bits per heavy atom. The summed E-state index contributed by atoms with van der Waals surface area (Å²) in [6.07, 6.45) is 3.32. The van der Waals surface area contributed by atoms with E-state index >= 15 is 0 Å². The Balaban J connectivity index is 2.55. The van der Waals surface area contributed by atoms with Gasteiger partial charge in [-0.2, -0.15) is 9.78 Å². The van der Waals surface area contributed by atoms with E-state index in [1.807, 2.05) is 12.1 Å². The van der Waals surface area contributed by atoms with Crippen LogP contribution in [-0.2, 0) is 0 Å². The van der Waals surface area contributed by atoms with Crippen LogP contribution < -0.4 is 11.5 Å². The zero-order valence-electron chi connectivity index (χ0n) is 6.36. The number of anilines is 2. The number of hydrogen-bond acceptors (Lipinski definition) is 3. The quantitative estimate of drug-likeness (QED) is 0.567. The number of aromatic amines is 1. The highest BCUT2D eigenvalue weighted by molar-refractivity contribution is 5.59. The van der Waals surface area contributed by atoms with E-state index in [1.54, 1.807) is 10.9 Å². The standard InChI is InChI=1S/C7H9N5/c8-5-4-11-12(7(5)9)6-2-1-3-10-6/h1-4,10H,8-9H2. The zero-order valence-corrected chi connectivity index (χ0v) is 6.36. The average molecular weight is 163 g/mol. The molecule has 62 valence electrons. The van der Waals surface area contributed by atoms with E-state index in [0.717, 1.165) is 5.82 Å². The molecule has 0 aliphatic carbocycles. The van der Waals surface area contributed by atoms with Crippen molar-refractivity contribution in [2.45, 2.75) is 0 Å². The third-order valence-corrected chi connectivity index (χ3v) is 1.65. The van der Waals surface area contributed by atoms with Crippen LogP contribution in [0, 0.1) is 0 Å². The van der Waals surface area contributed by atoms with Crippen molar-refractivity contribution in [1.82, 2.24) is 14.8 Å². The summed E-state index contributed by atoms with van der Waals surface area (Å²) in [7, 11) is 0. The summed E-state index contributed by atoms with van der Waals surface area (Å²) in [5.41, 5.74) is 11.7. The number of nitrogens with zero attached hydrogens (tertiary/aromatic N) is 2. The first-order chi connectivity index (χ1) is 5.79. The minimum absolute atomic E-state index is 0.456. The Morgan fingerprint density at radius 2 is 2.25 bits per heavy atom. The second-order valence-electron chi connectivity index (χ2n) is 2.45. The molecule has 5 nitrogen and oxygen atoms in total. The lowest BCUT2D eigenvalue weighted by molar-refractivity contribution is 0.865. The van der Waals surface area contributed by atoms with Gasteiger partial charge in [-0.05, 0) is 12.1 Å². The van der Waals surface area contributed by atoms with Crippen molar-refractivity contribution in [3.05, 3.63) is 24.5 Å². The molecule has 0 aliphatic heterocycles. The van der Waals surface area contributed by atoms with Crippen molar-refractivity contribution in [3.63, 3.8) is 0 Å². The van der Waals surface area contributed by atoms with Crippen molar-refractivity contribution in [3.8, 4) is 5.82 Å². The fraction of sp³-hybridized carbons (Fsp3) is 0. The molecule has 0 aliphatic rings. The number of nitrogen functional groups attached to an aromatic ring is 2. The van der Waals surface area contributed by atoms with Gasteiger partial charge in [0, 0.05) is 6.20 Å². The summed E-state index contributed by atoms with van der Waals surface area (Å²) in [6, 6.07) is 3.73. The molecule has 0 unspecified atom stereocenters. The predicted octanol–water partition coefficient (Wildman–Crippen LogP) is 0.365. The van der Waals surface area contributed by atoms with Crippen LogP contribution in [0.4, 0.5) is 11.5 Å². The van der Waals surface area contributed by atoms with E-state index < -0.39 is 0 Å². The first kappa shape index (κ1) is 6.78. The maximum absolute atomic E-state index is 5.65. The second kappa shape index (κ2) is 2.30. The van der Waals surface area contributed by atoms with Crippen LogP contribution in [0.1, 0.15) is 0 Å². The lowest BCUT2D eigenvalue weighted by Crippen LogP contribution is -2.02. The molecule has 0 fully saturated rings. The molecule has 0 saturated carbocycles. The Kier molecular flexibility index (Phi) is 1.30. The number of rotatable bonds is 1. The van der Waals surface area contributed by atoms with E-state index in [0.29, 0.717) is 11.5 Å². The van der Waals surface area contributed by atoms with Crippen LogP contribution in [0.15, 0.2) is 24.5 Å². The lowest BCUT2D eigenvalue weighted by atomic mass is 10.5. The summed E-state index contributed by atoms with van der Waals surface area (Å²) in [4.78, 5) is 2.97. The van der Waals surface area contributed by atoms with Crippen molar-refractivity contribution in [2.24, 2.45) is 0 Å². The maximum atomic E-state index is 5.65. The van der Waals surface area contributed by atoms with Crippen LogP contribution in [0.3, 0.4) is 0 Å². The SMILES string of the molecule is Nc1cnn(-c2ccc[nH]2)c1N. The van der Waals surface area contributed by atoms with Gasteiger partial charge in [0.2, 0.25) is 0 Å². The lowest BCUT2D eigenvalue weighted by Gasteiger charge is -1.99. The fourth-order valence-corrected chi connectivity index (χ4v) is 1.02. The average Bonchev–Trinajstić information content (AvgIpc) is 2.64. The van der Waals surface area contributed by atoms with Gasteiger partial charge in [-0.25, -0.2) is 0 Å². The largest absolute Gasteiger partial charge is 0.394 e. The molecule has 0 spiro atoms. The summed E-state index contributed by atoms with van der Waals surface area (Å²) >= 11 is 0. The van der Waals surface area contributed by atoms with Crippen molar-refractivity contribution in [1.29, 1.82) is 0 Å². The van der Waals surface area contributed by atoms with Gasteiger partial charge in [0.1, 0.15) is 5.82 Å². The molecule has 2 aromatic rings. The van der Waals surface area contributed by atoms with E-state index in [1.165, 1.54) is 6.20 Å². The van der Waals surface area contributed by atoms with Gasteiger partial charge < -0.3 is 16.5 Å². The molecule has 2 heterocycles. The Labute approximate surface area is 69.0 Å². The highest BCUT2D eigenvalue weighted by Gasteiger charge is 2.05. The normalized spacial score (nSPS) is 10.3. The Hall–Kier alpha value is -1.91. The number of nitrogens with one attached hydrogen (secondary N) is 1. The van der Waals surface area contributed by atoms with Crippen LogP contribution in [-0.4, -0.2) is 14.8 Å².